The summed E-state index contributed by atoms with van der Waals surface area (Å²) in [6.45, 7) is 5.46. The van der Waals surface area contributed by atoms with Gasteiger partial charge in [-0.3, -0.25) is 9.17 Å². The summed E-state index contributed by atoms with van der Waals surface area (Å²) in [6, 6.07) is 5.34. The van der Waals surface area contributed by atoms with E-state index in [0.29, 0.717) is 12.1 Å². The summed E-state index contributed by atoms with van der Waals surface area (Å²) in [5.74, 6) is 0. The molecule has 0 aliphatic heterocycles. The number of hydrogen-bond donors (Lipinski definition) is 1. The third-order valence-corrected chi connectivity index (χ3v) is 4.56. The lowest BCUT2D eigenvalue weighted by Crippen LogP contribution is -2.42. The van der Waals surface area contributed by atoms with Crippen molar-refractivity contribution in [2.45, 2.75) is 44.5 Å². The van der Waals surface area contributed by atoms with Gasteiger partial charge in [0.2, 0.25) is 0 Å². The highest BCUT2D eigenvalue weighted by molar-refractivity contribution is 7.84. The molecule has 0 amide bonds. The van der Waals surface area contributed by atoms with Gasteiger partial charge < -0.3 is 0 Å². The Hall–Kier alpha value is -0.690. The first-order valence-electron chi connectivity index (χ1n) is 6.51. The molecule has 0 aliphatic rings. The fourth-order valence-electron chi connectivity index (χ4n) is 1.62. The predicted molar refractivity (Wildman–Crippen MR) is 79.8 cm³/mol. The molecular formula is C13H21ClN2O3S. The normalized spacial score (nSPS) is 14.2. The quantitative estimate of drug-likeness (QED) is 0.747. The van der Waals surface area contributed by atoms with Crippen LogP contribution in [-0.4, -0.2) is 25.4 Å². The van der Waals surface area contributed by atoms with E-state index < -0.39 is 15.8 Å². The molecule has 0 saturated carbocycles. The number of hydrogen-bond acceptors (Lipinski definition) is 4. The average Bonchev–Trinajstić information content (AvgIpc) is 2.38. The van der Waals surface area contributed by atoms with Gasteiger partial charge in [0.25, 0.3) is 0 Å². The summed E-state index contributed by atoms with van der Waals surface area (Å²) >= 11 is 5.92. The lowest BCUT2D eigenvalue weighted by molar-refractivity contribution is 0.290. The second-order valence-corrected chi connectivity index (χ2v) is 6.98. The standard InChI is InChI=1S/C13H21ClN2O3S/c1-4-11(14)8-10-19-20(17,18)16-13(2,3)12-7-5-6-9-15-12/h5-7,9,11,16H,4,8,10H2,1-3H3. The molecule has 1 atom stereocenters. The minimum Gasteiger partial charge on any atom is -0.259 e. The smallest absolute Gasteiger partial charge is 0.259 e. The van der Waals surface area contributed by atoms with Crippen LogP contribution in [0.1, 0.15) is 39.3 Å². The molecule has 7 heteroatoms. The summed E-state index contributed by atoms with van der Waals surface area (Å²) in [7, 11) is -3.84. The van der Waals surface area contributed by atoms with Gasteiger partial charge in [-0.15, -0.1) is 11.6 Å². The molecule has 20 heavy (non-hydrogen) atoms. The number of aromatic nitrogens is 1. The third-order valence-electron chi connectivity index (χ3n) is 2.80. The summed E-state index contributed by atoms with van der Waals surface area (Å²) in [4.78, 5) is 4.15. The van der Waals surface area contributed by atoms with E-state index in [-0.39, 0.29) is 12.0 Å². The molecule has 114 valence electrons. The Balaban J connectivity index is 2.61. The van der Waals surface area contributed by atoms with Crippen LogP contribution in [0, 0.1) is 0 Å². The lowest BCUT2D eigenvalue weighted by atomic mass is 10.0. The molecule has 1 unspecified atom stereocenters. The molecule has 1 heterocycles. The fraction of sp³-hybridized carbons (Fsp3) is 0.615. The van der Waals surface area contributed by atoms with Crippen molar-refractivity contribution >= 4 is 21.9 Å². The van der Waals surface area contributed by atoms with E-state index in [1.165, 1.54) is 0 Å². The zero-order chi connectivity index (χ0) is 15.2. The molecule has 1 aromatic heterocycles. The van der Waals surface area contributed by atoms with Gasteiger partial charge in [-0.25, -0.2) is 0 Å². The summed E-state index contributed by atoms with van der Waals surface area (Å²) in [6.07, 6.45) is 2.88. The Labute approximate surface area is 126 Å². The van der Waals surface area contributed by atoms with Crippen molar-refractivity contribution < 1.29 is 12.6 Å². The largest absolute Gasteiger partial charge is 0.336 e. The number of alkyl halides is 1. The maximum Gasteiger partial charge on any atom is 0.336 e. The third kappa shape index (κ3) is 5.75. The lowest BCUT2D eigenvalue weighted by Gasteiger charge is -2.24. The van der Waals surface area contributed by atoms with Crippen molar-refractivity contribution in [3.63, 3.8) is 0 Å². The maximum atomic E-state index is 11.9. The van der Waals surface area contributed by atoms with Crippen molar-refractivity contribution in [3.05, 3.63) is 30.1 Å². The van der Waals surface area contributed by atoms with E-state index in [1.807, 2.05) is 6.92 Å². The van der Waals surface area contributed by atoms with Crippen molar-refractivity contribution in [1.29, 1.82) is 0 Å². The first-order chi connectivity index (χ1) is 9.27. The van der Waals surface area contributed by atoms with Crippen LogP contribution in [0.2, 0.25) is 0 Å². The molecule has 0 spiro atoms. The van der Waals surface area contributed by atoms with Crippen molar-refractivity contribution in [3.8, 4) is 0 Å². The first kappa shape index (κ1) is 17.4. The number of nitrogens with one attached hydrogen (secondary N) is 1. The fourth-order valence-corrected chi connectivity index (χ4v) is 2.81. The zero-order valence-electron chi connectivity index (χ0n) is 12.0. The van der Waals surface area contributed by atoms with Crippen LogP contribution in [0.25, 0.3) is 0 Å². The van der Waals surface area contributed by atoms with Gasteiger partial charge in [-0.05, 0) is 38.8 Å². The number of halogens is 1. The second-order valence-electron chi connectivity index (χ2n) is 5.01. The Bertz CT molecular complexity index is 506. The average molecular weight is 321 g/mol. The summed E-state index contributed by atoms with van der Waals surface area (Å²) < 4.78 is 31.2. The molecule has 0 saturated heterocycles. The van der Waals surface area contributed by atoms with Crippen LogP contribution in [-0.2, 0) is 20.0 Å². The molecule has 1 aromatic rings. The van der Waals surface area contributed by atoms with Gasteiger partial charge in [0, 0.05) is 11.6 Å². The molecule has 5 nitrogen and oxygen atoms in total. The first-order valence-corrected chi connectivity index (χ1v) is 8.35. The molecule has 0 bridgehead atoms. The highest BCUT2D eigenvalue weighted by Gasteiger charge is 2.28. The molecule has 0 aliphatic carbocycles. The van der Waals surface area contributed by atoms with Gasteiger partial charge in [-0.1, -0.05) is 13.0 Å². The van der Waals surface area contributed by atoms with E-state index in [4.69, 9.17) is 15.8 Å². The molecule has 1 rings (SSSR count). The van der Waals surface area contributed by atoms with Crippen LogP contribution in [0.15, 0.2) is 24.4 Å². The van der Waals surface area contributed by atoms with Crippen LogP contribution < -0.4 is 4.72 Å². The van der Waals surface area contributed by atoms with E-state index in [1.54, 1.807) is 38.2 Å². The van der Waals surface area contributed by atoms with E-state index in [0.717, 1.165) is 6.42 Å². The summed E-state index contributed by atoms with van der Waals surface area (Å²) in [5.41, 5.74) is -0.221. The van der Waals surface area contributed by atoms with E-state index in [9.17, 15) is 8.42 Å². The van der Waals surface area contributed by atoms with E-state index in [2.05, 4.69) is 9.71 Å². The Morgan fingerprint density at radius 2 is 2.15 bits per heavy atom. The van der Waals surface area contributed by atoms with Crippen molar-refractivity contribution in [2.75, 3.05) is 6.61 Å². The SMILES string of the molecule is CCC(Cl)CCOS(=O)(=O)NC(C)(C)c1ccccn1. The molecule has 1 N–H and O–H groups in total. The Morgan fingerprint density at radius 3 is 2.70 bits per heavy atom. The number of nitrogens with zero attached hydrogens (tertiary/aromatic N) is 1. The Morgan fingerprint density at radius 1 is 1.45 bits per heavy atom. The van der Waals surface area contributed by atoms with E-state index >= 15 is 0 Å². The van der Waals surface area contributed by atoms with Gasteiger partial charge in [0.1, 0.15) is 0 Å². The van der Waals surface area contributed by atoms with Crippen LogP contribution in [0.4, 0.5) is 0 Å². The number of rotatable bonds is 8. The molecular weight excluding hydrogens is 300 g/mol. The van der Waals surface area contributed by atoms with Gasteiger partial charge in [-0.2, -0.15) is 13.1 Å². The molecule has 0 fully saturated rings. The monoisotopic (exact) mass is 320 g/mol. The highest BCUT2D eigenvalue weighted by atomic mass is 35.5. The number of pyridine rings is 1. The van der Waals surface area contributed by atoms with Crippen molar-refractivity contribution in [2.24, 2.45) is 0 Å². The second kappa shape index (κ2) is 7.36. The van der Waals surface area contributed by atoms with Crippen molar-refractivity contribution in [1.82, 2.24) is 9.71 Å². The van der Waals surface area contributed by atoms with Crippen LogP contribution in [0.3, 0.4) is 0 Å². The minimum atomic E-state index is -3.84. The van der Waals surface area contributed by atoms with Crippen LogP contribution in [0.5, 0.6) is 0 Å². The van der Waals surface area contributed by atoms with Gasteiger partial charge in [0.15, 0.2) is 0 Å². The maximum absolute atomic E-state index is 11.9. The van der Waals surface area contributed by atoms with Gasteiger partial charge in [0.05, 0.1) is 17.8 Å². The highest BCUT2D eigenvalue weighted by Crippen LogP contribution is 2.18. The predicted octanol–water partition coefficient (Wildman–Crippen LogP) is 2.58. The topological polar surface area (TPSA) is 68.3 Å². The molecule has 0 aromatic carbocycles. The summed E-state index contributed by atoms with van der Waals surface area (Å²) in [5, 5.41) is -0.0750. The Kier molecular flexibility index (Phi) is 6.39. The minimum absolute atomic E-state index is 0.0651. The van der Waals surface area contributed by atoms with Crippen LogP contribution >= 0.6 is 11.6 Å². The zero-order valence-corrected chi connectivity index (χ0v) is 13.5. The molecule has 0 radical (unpaired) electrons. The van der Waals surface area contributed by atoms with Gasteiger partial charge >= 0.3 is 10.3 Å².